The Bertz CT molecular complexity index is 352. The molecule has 0 aliphatic carbocycles. The molecule has 0 radical (unpaired) electrons. The fourth-order valence-corrected chi connectivity index (χ4v) is 3.03. The summed E-state index contributed by atoms with van der Waals surface area (Å²) in [6.07, 6.45) is -0.838. The lowest BCUT2D eigenvalue weighted by molar-refractivity contribution is -0.165. The van der Waals surface area contributed by atoms with Gasteiger partial charge in [0.15, 0.2) is 20.7 Å². The van der Waals surface area contributed by atoms with Crippen molar-refractivity contribution >= 4 is 14.3 Å². The van der Waals surface area contributed by atoms with Gasteiger partial charge in [-0.1, -0.05) is 20.8 Å². The van der Waals surface area contributed by atoms with E-state index in [1.807, 2.05) is 0 Å². The molecule has 0 saturated carbocycles. The monoisotopic (exact) mass is 273 g/mol. The van der Waals surface area contributed by atoms with Crippen LogP contribution >= 0.6 is 0 Å². The van der Waals surface area contributed by atoms with Crippen LogP contribution in [-0.4, -0.2) is 45.9 Å². The van der Waals surface area contributed by atoms with E-state index in [1.54, 1.807) is 0 Å². The zero-order valence-corrected chi connectivity index (χ0v) is 12.9. The van der Waals surface area contributed by atoms with Gasteiger partial charge in [-0.25, -0.2) is 4.79 Å². The van der Waals surface area contributed by atoms with Crippen LogP contribution in [0.3, 0.4) is 0 Å². The van der Waals surface area contributed by atoms with Crippen LogP contribution in [0.2, 0.25) is 18.1 Å². The molecular formula is C12H23NO4Si. The molecule has 0 bridgehead atoms. The Morgan fingerprint density at radius 2 is 1.89 bits per heavy atom. The van der Waals surface area contributed by atoms with Crippen molar-refractivity contribution in [2.24, 2.45) is 0 Å². The quantitative estimate of drug-likeness (QED) is 0.476. The van der Waals surface area contributed by atoms with Gasteiger partial charge in [0.05, 0.1) is 19.2 Å². The van der Waals surface area contributed by atoms with Gasteiger partial charge in [-0.05, 0) is 18.1 Å². The molecule has 0 aromatic carbocycles. The number of carbonyl (C=O) groups excluding carboxylic acids is 1. The van der Waals surface area contributed by atoms with Crippen molar-refractivity contribution in [2.45, 2.75) is 63.4 Å². The molecule has 2 heterocycles. The number of rotatable bonds is 3. The van der Waals surface area contributed by atoms with Gasteiger partial charge >= 0.3 is 5.97 Å². The molecule has 2 fully saturated rings. The molecule has 4 atom stereocenters. The predicted molar refractivity (Wildman–Crippen MR) is 69.7 cm³/mol. The van der Waals surface area contributed by atoms with Crippen LogP contribution in [0.4, 0.5) is 0 Å². The Labute approximate surface area is 109 Å². The van der Waals surface area contributed by atoms with E-state index < -0.39 is 14.4 Å². The van der Waals surface area contributed by atoms with E-state index in [9.17, 15) is 4.79 Å². The van der Waals surface area contributed by atoms with Gasteiger partial charge in [0.2, 0.25) is 0 Å². The Balaban J connectivity index is 2.00. The summed E-state index contributed by atoms with van der Waals surface area (Å²) in [6.45, 7) is 10.9. The highest BCUT2D eigenvalue weighted by Gasteiger charge is 2.61. The largest absolute Gasteiger partial charge is 0.467 e. The highest BCUT2D eigenvalue weighted by molar-refractivity contribution is 6.74. The number of esters is 1. The average Bonchev–Trinajstić information content (AvgIpc) is 2.95. The maximum absolute atomic E-state index is 11.5. The summed E-state index contributed by atoms with van der Waals surface area (Å²) in [5.41, 5.74) is 0. The van der Waals surface area contributed by atoms with Gasteiger partial charge in [-0.15, -0.1) is 0 Å². The third kappa shape index (κ3) is 2.34. The molecule has 2 rings (SSSR count). The minimum atomic E-state index is -1.88. The lowest BCUT2D eigenvalue weighted by Gasteiger charge is -2.38. The zero-order valence-electron chi connectivity index (χ0n) is 11.9. The number of hydrogen-bond acceptors (Lipinski definition) is 5. The second kappa shape index (κ2) is 4.30. The first kappa shape index (κ1) is 14.0. The van der Waals surface area contributed by atoms with E-state index in [0.29, 0.717) is 0 Å². The Morgan fingerprint density at radius 3 is 2.39 bits per heavy atom. The standard InChI is InChI=1S/C12H23NO4Si/c1-12(2,3)18(5,6)17-11-8-7(13-8)9(16-11)10(14)15-4/h7-9,11,13H,1-6H3/t7-,8+,9+,11+/m1/s1. The highest BCUT2D eigenvalue weighted by Crippen LogP contribution is 2.41. The highest BCUT2D eigenvalue weighted by atomic mass is 28.4. The number of fused-ring (bicyclic) bond motifs is 1. The number of ether oxygens (including phenoxy) is 2. The van der Waals surface area contributed by atoms with Gasteiger partial charge in [0.25, 0.3) is 0 Å². The SMILES string of the molecule is COC(=O)[C@H]1O[C@@H](O[Si](C)(C)C(C)(C)C)[C@H]2N[C@H]21. The molecule has 6 heteroatoms. The fourth-order valence-electron chi connectivity index (χ4n) is 1.89. The van der Waals surface area contributed by atoms with Crippen LogP contribution in [0.1, 0.15) is 20.8 Å². The van der Waals surface area contributed by atoms with Gasteiger partial charge in [0, 0.05) is 0 Å². The molecule has 0 aromatic rings. The van der Waals surface area contributed by atoms with Crippen molar-refractivity contribution in [3.05, 3.63) is 0 Å². The summed E-state index contributed by atoms with van der Waals surface area (Å²) >= 11 is 0. The molecule has 0 aromatic heterocycles. The Kier molecular flexibility index (Phi) is 3.34. The molecule has 0 unspecified atom stereocenters. The second-order valence-corrected chi connectivity index (χ2v) is 11.3. The van der Waals surface area contributed by atoms with Crippen molar-refractivity contribution in [3.8, 4) is 0 Å². The smallest absolute Gasteiger partial charge is 0.336 e. The molecule has 2 saturated heterocycles. The Hall–Kier alpha value is -0.433. The third-order valence-corrected chi connectivity index (χ3v) is 8.65. The van der Waals surface area contributed by atoms with Gasteiger partial charge < -0.3 is 19.2 Å². The number of carbonyl (C=O) groups is 1. The van der Waals surface area contributed by atoms with Gasteiger partial charge in [-0.2, -0.15) is 0 Å². The maximum Gasteiger partial charge on any atom is 0.336 e. The third-order valence-electron chi connectivity index (χ3n) is 4.21. The van der Waals surface area contributed by atoms with Crippen molar-refractivity contribution in [1.82, 2.24) is 5.32 Å². The van der Waals surface area contributed by atoms with E-state index in [0.717, 1.165) is 0 Å². The molecule has 1 N–H and O–H groups in total. The van der Waals surface area contributed by atoms with Crippen LogP contribution in [0.5, 0.6) is 0 Å². The first-order valence-corrected chi connectivity index (χ1v) is 9.25. The Morgan fingerprint density at radius 1 is 1.28 bits per heavy atom. The predicted octanol–water partition coefficient (Wildman–Crippen LogP) is 1.25. The maximum atomic E-state index is 11.5. The van der Waals surface area contributed by atoms with Crippen molar-refractivity contribution in [2.75, 3.05) is 7.11 Å². The van der Waals surface area contributed by atoms with Crippen molar-refractivity contribution in [3.63, 3.8) is 0 Å². The summed E-state index contributed by atoms with van der Waals surface area (Å²) in [4.78, 5) is 11.5. The summed E-state index contributed by atoms with van der Waals surface area (Å²) in [7, 11) is -0.497. The molecule has 0 spiro atoms. The summed E-state index contributed by atoms with van der Waals surface area (Å²) in [6, 6.07) is 0.204. The van der Waals surface area contributed by atoms with Gasteiger partial charge in [-0.3, -0.25) is 0 Å². The first-order chi connectivity index (χ1) is 8.17. The van der Waals surface area contributed by atoms with Crippen molar-refractivity contribution in [1.29, 1.82) is 0 Å². The summed E-state index contributed by atoms with van der Waals surface area (Å²) in [5, 5.41) is 3.36. The lowest BCUT2D eigenvalue weighted by atomic mass is 10.2. The van der Waals surface area contributed by atoms with Crippen LogP contribution in [0.25, 0.3) is 0 Å². The molecular weight excluding hydrogens is 250 g/mol. The van der Waals surface area contributed by atoms with Gasteiger partial charge in [0.1, 0.15) is 0 Å². The number of hydrogen-bond donors (Lipinski definition) is 1. The van der Waals surface area contributed by atoms with Crippen LogP contribution in [0, 0.1) is 0 Å². The van der Waals surface area contributed by atoms with E-state index in [2.05, 4.69) is 39.2 Å². The minimum Gasteiger partial charge on any atom is -0.467 e. The van der Waals surface area contributed by atoms with Crippen LogP contribution < -0.4 is 5.32 Å². The van der Waals surface area contributed by atoms with Crippen molar-refractivity contribution < 1.29 is 18.7 Å². The number of nitrogens with one attached hydrogen (secondary N) is 1. The molecule has 2 aliphatic rings. The van der Waals surface area contributed by atoms with E-state index in [4.69, 9.17) is 13.9 Å². The molecule has 104 valence electrons. The molecule has 5 nitrogen and oxygen atoms in total. The zero-order chi connectivity index (χ0) is 13.7. The topological polar surface area (TPSA) is 66.7 Å². The molecule has 0 amide bonds. The summed E-state index contributed by atoms with van der Waals surface area (Å²) < 4.78 is 16.6. The van der Waals surface area contributed by atoms with E-state index in [1.165, 1.54) is 7.11 Å². The summed E-state index contributed by atoms with van der Waals surface area (Å²) in [5.74, 6) is -0.323. The number of morpholine rings is 1. The van der Waals surface area contributed by atoms with E-state index >= 15 is 0 Å². The lowest BCUT2D eigenvalue weighted by Crippen LogP contribution is -2.46. The first-order valence-electron chi connectivity index (χ1n) is 6.34. The molecule has 2 aliphatic heterocycles. The normalized spacial score (nSPS) is 35.2. The number of methoxy groups -OCH3 is 1. The van der Waals surface area contributed by atoms with Crippen LogP contribution in [-0.2, 0) is 18.7 Å². The fraction of sp³-hybridized carbons (Fsp3) is 0.917. The molecule has 18 heavy (non-hydrogen) atoms. The minimum absolute atomic E-state index is 0.0622. The average molecular weight is 273 g/mol. The van der Waals surface area contributed by atoms with Crippen LogP contribution in [0.15, 0.2) is 0 Å². The second-order valence-electron chi connectivity index (χ2n) is 6.54. The van der Waals surface area contributed by atoms with E-state index in [-0.39, 0.29) is 29.4 Å².